The van der Waals surface area contributed by atoms with Gasteiger partial charge in [0.15, 0.2) is 5.15 Å². The van der Waals surface area contributed by atoms with Gasteiger partial charge in [0, 0.05) is 6.54 Å². The van der Waals surface area contributed by atoms with Crippen molar-refractivity contribution >= 4 is 46.3 Å². The molecule has 0 spiro atoms. The zero-order valence-electron chi connectivity index (χ0n) is 7.15. The van der Waals surface area contributed by atoms with Crippen molar-refractivity contribution in [2.24, 2.45) is 0 Å². The lowest BCUT2D eigenvalue weighted by molar-refractivity contribution is 1.23. The topological polar surface area (TPSA) is 50.9 Å². The van der Waals surface area contributed by atoms with Gasteiger partial charge in [-0.2, -0.15) is 0 Å². The van der Waals surface area contributed by atoms with Crippen molar-refractivity contribution in [1.82, 2.24) is 4.98 Å². The number of anilines is 2. The number of hydrogen-bond acceptors (Lipinski definition) is 3. The smallest absolute Gasteiger partial charge is 0.152 e. The molecule has 0 bridgehead atoms. The maximum atomic E-state index is 5.88. The van der Waals surface area contributed by atoms with E-state index >= 15 is 0 Å². The molecule has 1 rings (SSSR count). The molecule has 0 aliphatic rings. The number of nitrogens with zero attached hydrogens (tertiary/aromatic N) is 1. The van der Waals surface area contributed by atoms with Gasteiger partial charge >= 0.3 is 0 Å². The molecule has 1 aromatic heterocycles. The molecule has 0 aliphatic carbocycles. The van der Waals surface area contributed by atoms with E-state index in [4.69, 9.17) is 40.5 Å². The standard InChI is InChI=1S/C8H8Cl3N3/c1-2-3-13-8-5(10)6(12)4(9)7(11)14-8/h2H,1,3H2,(H3,12,13,14). The highest BCUT2D eigenvalue weighted by Gasteiger charge is 2.13. The number of nitrogen functional groups attached to an aromatic ring is 1. The Hall–Kier alpha value is -0.640. The molecule has 0 amide bonds. The molecular formula is C8H8Cl3N3. The average Bonchev–Trinajstić information content (AvgIpc) is 2.18. The summed E-state index contributed by atoms with van der Waals surface area (Å²) >= 11 is 17.3. The Labute approximate surface area is 96.9 Å². The van der Waals surface area contributed by atoms with E-state index in [0.29, 0.717) is 12.4 Å². The van der Waals surface area contributed by atoms with Gasteiger partial charge in [0.25, 0.3) is 0 Å². The molecule has 14 heavy (non-hydrogen) atoms. The average molecular weight is 253 g/mol. The van der Waals surface area contributed by atoms with Crippen LogP contribution < -0.4 is 11.1 Å². The highest BCUT2D eigenvalue weighted by atomic mass is 35.5. The molecule has 1 heterocycles. The van der Waals surface area contributed by atoms with Gasteiger partial charge in [-0.25, -0.2) is 4.98 Å². The quantitative estimate of drug-likeness (QED) is 0.641. The van der Waals surface area contributed by atoms with E-state index in [9.17, 15) is 0 Å². The largest absolute Gasteiger partial charge is 0.396 e. The first kappa shape index (κ1) is 11.4. The second-order valence-corrected chi connectivity index (χ2v) is 3.58. The van der Waals surface area contributed by atoms with Crippen LogP contribution in [0.1, 0.15) is 0 Å². The third-order valence-corrected chi connectivity index (χ3v) is 2.62. The molecule has 0 unspecified atom stereocenters. The van der Waals surface area contributed by atoms with Crippen LogP contribution in [0.4, 0.5) is 11.5 Å². The monoisotopic (exact) mass is 251 g/mol. The second-order valence-electron chi connectivity index (χ2n) is 2.46. The van der Waals surface area contributed by atoms with Crippen molar-refractivity contribution in [2.45, 2.75) is 0 Å². The van der Waals surface area contributed by atoms with Crippen molar-refractivity contribution in [2.75, 3.05) is 17.6 Å². The predicted octanol–water partition coefficient (Wildman–Crippen LogP) is 3.22. The van der Waals surface area contributed by atoms with E-state index in [1.54, 1.807) is 6.08 Å². The maximum absolute atomic E-state index is 5.88. The predicted molar refractivity (Wildman–Crippen MR) is 62.4 cm³/mol. The minimum Gasteiger partial charge on any atom is -0.396 e. The zero-order valence-corrected chi connectivity index (χ0v) is 9.42. The summed E-state index contributed by atoms with van der Waals surface area (Å²) in [6, 6.07) is 0. The number of rotatable bonds is 3. The Morgan fingerprint density at radius 3 is 2.57 bits per heavy atom. The number of nitrogens with one attached hydrogen (secondary N) is 1. The van der Waals surface area contributed by atoms with E-state index in [2.05, 4.69) is 16.9 Å². The molecule has 6 heteroatoms. The minimum atomic E-state index is 0.125. The summed E-state index contributed by atoms with van der Waals surface area (Å²) in [5, 5.41) is 3.44. The zero-order chi connectivity index (χ0) is 10.7. The molecule has 3 nitrogen and oxygen atoms in total. The third kappa shape index (κ3) is 2.23. The summed E-state index contributed by atoms with van der Waals surface area (Å²) in [6.07, 6.45) is 1.66. The van der Waals surface area contributed by atoms with Crippen molar-refractivity contribution in [3.63, 3.8) is 0 Å². The van der Waals surface area contributed by atoms with Crippen LogP contribution in [0.15, 0.2) is 12.7 Å². The first-order valence-corrected chi connectivity index (χ1v) is 4.86. The molecule has 0 aliphatic heterocycles. The van der Waals surface area contributed by atoms with Gasteiger partial charge in [-0.3, -0.25) is 0 Å². The van der Waals surface area contributed by atoms with E-state index in [1.165, 1.54) is 0 Å². The Balaban J connectivity index is 3.12. The van der Waals surface area contributed by atoms with Crippen LogP contribution in [0.2, 0.25) is 15.2 Å². The summed E-state index contributed by atoms with van der Waals surface area (Å²) in [7, 11) is 0. The molecule has 76 valence electrons. The molecule has 1 aromatic rings. The fourth-order valence-electron chi connectivity index (χ4n) is 0.817. The molecule has 0 saturated heterocycles. The fraction of sp³-hybridized carbons (Fsp3) is 0.125. The summed E-state index contributed by atoms with van der Waals surface area (Å²) in [5.74, 6) is 0.401. The Bertz CT molecular complexity index is 365. The van der Waals surface area contributed by atoms with E-state index < -0.39 is 0 Å². The third-order valence-electron chi connectivity index (χ3n) is 1.49. The van der Waals surface area contributed by atoms with Gasteiger partial charge < -0.3 is 11.1 Å². The fourth-order valence-corrected chi connectivity index (χ4v) is 1.39. The highest BCUT2D eigenvalue weighted by Crippen LogP contribution is 2.36. The molecule has 0 fully saturated rings. The molecule has 0 saturated carbocycles. The first-order valence-electron chi connectivity index (χ1n) is 3.72. The van der Waals surface area contributed by atoms with Crippen LogP contribution in [-0.4, -0.2) is 11.5 Å². The molecule has 0 atom stereocenters. The molecular weight excluding hydrogens is 244 g/mol. The van der Waals surface area contributed by atoms with Gasteiger partial charge in [-0.1, -0.05) is 40.9 Å². The van der Waals surface area contributed by atoms with E-state index in [1.807, 2.05) is 0 Å². The number of halogens is 3. The van der Waals surface area contributed by atoms with Crippen LogP contribution in [0.5, 0.6) is 0 Å². The van der Waals surface area contributed by atoms with E-state index in [0.717, 1.165) is 0 Å². The van der Waals surface area contributed by atoms with Crippen LogP contribution in [0, 0.1) is 0 Å². The van der Waals surface area contributed by atoms with Gasteiger partial charge in [0.05, 0.1) is 5.69 Å². The summed E-state index contributed by atoms with van der Waals surface area (Å²) in [5.41, 5.74) is 5.82. The number of nitrogens with two attached hydrogens (primary N) is 1. The Kier molecular flexibility index (Phi) is 3.86. The lowest BCUT2D eigenvalue weighted by Gasteiger charge is -2.09. The number of hydrogen-bond donors (Lipinski definition) is 2. The highest BCUT2D eigenvalue weighted by molar-refractivity contribution is 6.46. The Morgan fingerprint density at radius 1 is 1.36 bits per heavy atom. The van der Waals surface area contributed by atoms with E-state index in [-0.39, 0.29) is 20.9 Å². The van der Waals surface area contributed by atoms with Crippen LogP contribution in [0.25, 0.3) is 0 Å². The normalized spacial score (nSPS) is 9.93. The molecule has 0 radical (unpaired) electrons. The summed E-state index contributed by atoms with van der Waals surface area (Å²) in [6.45, 7) is 4.06. The summed E-state index contributed by atoms with van der Waals surface area (Å²) in [4.78, 5) is 3.93. The lowest BCUT2D eigenvalue weighted by Crippen LogP contribution is -2.03. The maximum Gasteiger partial charge on any atom is 0.152 e. The molecule has 3 N–H and O–H groups in total. The van der Waals surface area contributed by atoms with Crippen LogP contribution >= 0.6 is 34.8 Å². The Morgan fingerprint density at radius 2 is 2.00 bits per heavy atom. The minimum absolute atomic E-state index is 0.125. The van der Waals surface area contributed by atoms with Crippen molar-refractivity contribution in [3.8, 4) is 0 Å². The van der Waals surface area contributed by atoms with Crippen LogP contribution in [0.3, 0.4) is 0 Å². The molecule has 0 aromatic carbocycles. The van der Waals surface area contributed by atoms with Gasteiger partial charge in [0.2, 0.25) is 0 Å². The SMILES string of the molecule is C=CCNc1nc(Cl)c(Cl)c(N)c1Cl. The second kappa shape index (κ2) is 4.73. The first-order chi connectivity index (χ1) is 6.57. The number of pyridine rings is 1. The van der Waals surface area contributed by atoms with Crippen molar-refractivity contribution in [1.29, 1.82) is 0 Å². The van der Waals surface area contributed by atoms with Crippen molar-refractivity contribution in [3.05, 3.63) is 27.9 Å². The lowest BCUT2D eigenvalue weighted by atomic mass is 10.4. The van der Waals surface area contributed by atoms with Gasteiger partial charge in [0.1, 0.15) is 15.9 Å². The van der Waals surface area contributed by atoms with Crippen molar-refractivity contribution < 1.29 is 0 Å². The number of aromatic nitrogens is 1. The van der Waals surface area contributed by atoms with Gasteiger partial charge in [-0.15, -0.1) is 6.58 Å². The van der Waals surface area contributed by atoms with Gasteiger partial charge in [-0.05, 0) is 0 Å². The summed E-state index contributed by atoms with van der Waals surface area (Å²) < 4.78 is 0. The van der Waals surface area contributed by atoms with Crippen LogP contribution in [-0.2, 0) is 0 Å².